The van der Waals surface area contributed by atoms with Gasteiger partial charge in [0.15, 0.2) is 0 Å². The predicted octanol–water partition coefficient (Wildman–Crippen LogP) is 4.04. The summed E-state index contributed by atoms with van der Waals surface area (Å²) in [6, 6.07) is 14.6. The zero-order valence-electron chi connectivity index (χ0n) is 12.1. The van der Waals surface area contributed by atoms with E-state index in [9.17, 15) is 4.79 Å². The molecule has 0 radical (unpaired) electrons. The van der Waals surface area contributed by atoms with Crippen molar-refractivity contribution >= 4 is 27.5 Å². The molecule has 2 rings (SSSR count). The molecule has 0 unspecified atom stereocenters. The molecule has 0 aliphatic heterocycles. The summed E-state index contributed by atoms with van der Waals surface area (Å²) in [5, 5.41) is 11.6. The summed E-state index contributed by atoms with van der Waals surface area (Å²) in [4.78, 5) is 11.9. The minimum Gasteiger partial charge on any atom is -0.492 e. The van der Waals surface area contributed by atoms with Crippen molar-refractivity contribution in [3.05, 3.63) is 58.1 Å². The highest BCUT2D eigenvalue weighted by Gasteiger charge is 2.05. The minimum absolute atomic E-state index is 0.154. The van der Waals surface area contributed by atoms with Crippen LogP contribution in [0.2, 0.25) is 0 Å². The second-order valence-corrected chi connectivity index (χ2v) is 5.63. The molecule has 2 aromatic carbocycles. The van der Waals surface area contributed by atoms with E-state index >= 15 is 0 Å². The van der Waals surface area contributed by atoms with Crippen LogP contribution in [0.25, 0.3) is 0 Å². The summed E-state index contributed by atoms with van der Waals surface area (Å²) < 4.78 is 6.46. The van der Waals surface area contributed by atoms with Gasteiger partial charge in [0.1, 0.15) is 5.75 Å². The topological polar surface area (TPSA) is 62.1 Å². The van der Waals surface area contributed by atoms with Crippen molar-refractivity contribution in [1.29, 1.82) is 5.26 Å². The fourth-order valence-corrected chi connectivity index (χ4v) is 2.47. The molecular formula is C17H15BrN2O2. The Bertz CT molecular complexity index is 723. The van der Waals surface area contributed by atoms with Crippen LogP contribution in [0.15, 0.2) is 46.9 Å². The third-order valence-corrected chi connectivity index (χ3v) is 3.57. The Hall–Kier alpha value is -2.32. The molecule has 0 aromatic heterocycles. The minimum atomic E-state index is -0.154. The number of nitriles is 1. The van der Waals surface area contributed by atoms with E-state index in [1.807, 2.05) is 31.2 Å². The molecule has 0 bridgehead atoms. The third kappa shape index (κ3) is 4.61. The van der Waals surface area contributed by atoms with Gasteiger partial charge in [0.2, 0.25) is 5.91 Å². The number of hydrogen-bond acceptors (Lipinski definition) is 3. The van der Waals surface area contributed by atoms with Crippen LogP contribution in [-0.4, -0.2) is 12.5 Å². The summed E-state index contributed by atoms with van der Waals surface area (Å²) in [7, 11) is 0. The van der Waals surface area contributed by atoms with E-state index in [4.69, 9.17) is 10.00 Å². The van der Waals surface area contributed by atoms with Crippen molar-refractivity contribution in [1.82, 2.24) is 0 Å². The molecule has 0 aliphatic carbocycles. The molecule has 0 fully saturated rings. The maximum absolute atomic E-state index is 11.9. The lowest BCUT2D eigenvalue weighted by atomic mass is 10.2. The van der Waals surface area contributed by atoms with Gasteiger partial charge >= 0.3 is 0 Å². The molecule has 0 saturated heterocycles. The first-order chi connectivity index (χ1) is 10.6. The van der Waals surface area contributed by atoms with E-state index < -0.39 is 0 Å². The summed E-state index contributed by atoms with van der Waals surface area (Å²) in [5.41, 5.74) is 2.26. The summed E-state index contributed by atoms with van der Waals surface area (Å²) in [5.74, 6) is 0.559. The van der Waals surface area contributed by atoms with Crippen molar-refractivity contribution in [3.63, 3.8) is 0 Å². The number of nitrogens with one attached hydrogen (secondary N) is 1. The van der Waals surface area contributed by atoms with Crippen molar-refractivity contribution in [2.75, 3.05) is 11.9 Å². The first kappa shape index (κ1) is 16.1. The molecule has 0 aliphatic rings. The summed E-state index contributed by atoms with van der Waals surface area (Å²) in [6.45, 7) is 2.28. The quantitative estimate of drug-likeness (QED) is 0.877. The van der Waals surface area contributed by atoms with Gasteiger partial charge in [-0.3, -0.25) is 4.79 Å². The van der Waals surface area contributed by atoms with Gasteiger partial charge in [-0.2, -0.15) is 5.26 Å². The van der Waals surface area contributed by atoms with Crippen molar-refractivity contribution in [3.8, 4) is 11.8 Å². The maximum atomic E-state index is 11.9. The SMILES string of the molecule is Cc1ccc(OCCC(=O)Nc2cccc(C#N)c2)c(Br)c1. The Morgan fingerprint density at radius 1 is 1.32 bits per heavy atom. The van der Waals surface area contributed by atoms with Crippen LogP contribution < -0.4 is 10.1 Å². The number of ether oxygens (including phenoxy) is 1. The molecule has 5 heteroatoms. The number of amides is 1. The highest BCUT2D eigenvalue weighted by atomic mass is 79.9. The number of aryl methyl sites for hydroxylation is 1. The van der Waals surface area contributed by atoms with Crippen LogP contribution in [0.1, 0.15) is 17.5 Å². The molecule has 4 nitrogen and oxygen atoms in total. The average Bonchev–Trinajstić information content (AvgIpc) is 2.49. The number of nitrogens with zero attached hydrogens (tertiary/aromatic N) is 1. The average molecular weight is 359 g/mol. The molecule has 22 heavy (non-hydrogen) atoms. The van der Waals surface area contributed by atoms with Gasteiger partial charge in [-0.05, 0) is 58.7 Å². The smallest absolute Gasteiger partial charge is 0.227 e. The first-order valence-electron chi connectivity index (χ1n) is 6.77. The van der Waals surface area contributed by atoms with E-state index in [1.165, 1.54) is 0 Å². The van der Waals surface area contributed by atoms with Gasteiger partial charge in [0, 0.05) is 5.69 Å². The van der Waals surface area contributed by atoms with Gasteiger partial charge in [-0.15, -0.1) is 0 Å². The van der Waals surface area contributed by atoms with E-state index in [0.717, 1.165) is 10.0 Å². The fourth-order valence-electron chi connectivity index (χ4n) is 1.87. The molecule has 2 aromatic rings. The lowest BCUT2D eigenvalue weighted by molar-refractivity contribution is -0.116. The normalized spacial score (nSPS) is 9.86. The van der Waals surface area contributed by atoms with Crippen LogP contribution in [0.4, 0.5) is 5.69 Å². The molecule has 112 valence electrons. The fraction of sp³-hybridized carbons (Fsp3) is 0.176. The van der Waals surface area contributed by atoms with Crippen LogP contribution in [0.3, 0.4) is 0 Å². The third-order valence-electron chi connectivity index (χ3n) is 2.95. The molecule has 1 N–H and O–H groups in total. The van der Waals surface area contributed by atoms with Crippen LogP contribution in [0.5, 0.6) is 5.75 Å². The van der Waals surface area contributed by atoms with Crippen molar-refractivity contribution in [2.24, 2.45) is 0 Å². The Morgan fingerprint density at radius 3 is 2.86 bits per heavy atom. The highest BCUT2D eigenvalue weighted by Crippen LogP contribution is 2.25. The summed E-state index contributed by atoms with van der Waals surface area (Å²) in [6.07, 6.45) is 0.233. The molecule has 0 atom stereocenters. The number of carbonyl (C=O) groups is 1. The molecule has 1 amide bonds. The Kier molecular flexibility index (Phi) is 5.56. The van der Waals surface area contributed by atoms with E-state index in [0.29, 0.717) is 17.0 Å². The highest BCUT2D eigenvalue weighted by molar-refractivity contribution is 9.10. The first-order valence-corrected chi connectivity index (χ1v) is 7.57. The van der Waals surface area contributed by atoms with E-state index in [-0.39, 0.29) is 18.9 Å². The zero-order valence-corrected chi connectivity index (χ0v) is 13.7. The van der Waals surface area contributed by atoms with E-state index in [2.05, 4.69) is 21.2 Å². The monoisotopic (exact) mass is 358 g/mol. The second-order valence-electron chi connectivity index (χ2n) is 4.77. The largest absolute Gasteiger partial charge is 0.492 e. The zero-order chi connectivity index (χ0) is 15.9. The number of hydrogen-bond donors (Lipinski definition) is 1. The Labute approximate surface area is 137 Å². The number of rotatable bonds is 5. The van der Waals surface area contributed by atoms with Gasteiger partial charge in [-0.25, -0.2) is 0 Å². The van der Waals surface area contributed by atoms with Gasteiger partial charge in [0.25, 0.3) is 0 Å². The molecule has 0 spiro atoms. The number of benzene rings is 2. The van der Waals surface area contributed by atoms with E-state index in [1.54, 1.807) is 24.3 Å². The number of halogens is 1. The standard InChI is InChI=1S/C17H15BrN2O2/c1-12-5-6-16(15(18)9-12)22-8-7-17(21)20-14-4-2-3-13(10-14)11-19/h2-6,9-10H,7-8H2,1H3,(H,20,21). The van der Waals surface area contributed by atoms with Gasteiger partial charge in [0.05, 0.1) is 29.1 Å². The lowest BCUT2D eigenvalue weighted by Crippen LogP contribution is -2.15. The molecule has 0 saturated carbocycles. The van der Waals surface area contributed by atoms with Crippen LogP contribution in [0, 0.1) is 18.3 Å². The second kappa shape index (κ2) is 7.62. The van der Waals surface area contributed by atoms with Crippen molar-refractivity contribution < 1.29 is 9.53 Å². The molecular weight excluding hydrogens is 344 g/mol. The maximum Gasteiger partial charge on any atom is 0.227 e. The Balaban J connectivity index is 1.84. The van der Waals surface area contributed by atoms with Crippen LogP contribution in [-0.2, 0) is 4.79 Å². The van der Waals surface area contributed by atoms with Gasteiger partial charge < -0.3 is 10.1 Å². The van der Waals surface area contributed by atoms with Crippen molar-refractivity contribution in [2.45, 2.75) is 13.3 Å². The Morgan fingerprint density at radius 2 is 2.14 bits per heavy atom. The van der Waals surface area contributed by atoms with Gasteiger partial charge in [-0.1, -0.05) is 12.1 Å². The summed E-state index contributed by atoms with van der Waals surface area (Å²) >= 11 is 3.43. The van der Waals surface area contributed by atoms with Crippen LogP contribution >= 0.6 is 15.9 Å². The number of anilines is 1. The lowest BCUT2D eigenvalue weighted by Gasteiger charge is -2.09. The predicted molar refractivity (Wildman–Crippen MR) is 88.8 cm³/mol. The molecule has 0 heterocycles. The number of carbonyl (C=O) groups excluding carboxylic acids is 1.